The van der Waals surface area contributed by atoms with Crippen LogP contribution in [0.1, 0.15) is 151 Å². The van der Waals surface area contributed by atoms with Crippen LogP contribution >= 0.6 is 11.6 Å². The lowest BCUT2D eigenvalue weighted by atomic mass is 9.78. The molecule has 84 heavy (non-hydrogen) atoms. The van der Waals surface area contributed by atoms with Gasteiger partial charge in [0, 0.05) is 102 Å². The predicted molar refractivity (Wildman–Crippen MR) is 306 cm³/mol. The van der Waals surface area contributed by atoms with Gasteiger partial charge in [0.1, 0.15) is 36.3 Å². The Bertz CT molecular complexity index is 2440. The fourth-order valence-electron chi connectivity index (χ4n) is 13.7. The van der Waals surface area contributed by atoms with Gasteiger partial charge in [0.05, 0.1) is 79.0 Å². The highest BCUT2D eigenvalue weighted by atomic mass is 35.5. The van der Waals surface area contributed by atoms with Crippen LogP contribution in [0.4, 0.5) is 0 Å². The maximum atomic E-state index is 14.4. The lowest BCUT2D eigenvalue weighted by molar-refractivity contribution is -0.349. The number of hydrogen-bond donors (Lipinski definition) is 6. The van der Waals surface area contributed by atoms with Gasteiger partial charge in [-0.25, -0.2) is 0 Å². The summed E-state index contributed by atoms with van der Waals surface area (Å²) in [6.45, 7) is 23.3. The molecule has 0 aromatic rings. The van der Waals surface area contributed by atoms with Gasteiger partial charge in [0.15, 0.2) is 11.6 Å². The smallest absolute Gasteiger partial charge is 0.308 e. The maximum Gasteiger partial charge on any atom is 0.308 e. The summed E-state index contributed by atoms with van der Waals surface area (Å²) in [5.41, 5.74) is -0.458. The number of allylic oxidation sites excluding steroid dienone is 3. The molecule has 10 bridgehead atoms. The Morgan fingerprint density at radius 1 is 0.833 bits per heavy atom. The third kappa shape index (κ3) is 17.8. The minimum atomic E-state index is -2.31. The summed E-state index contributed by atoms with van der Waals surface area (Å²) >= 11 is 5.89. The molecule has 20 nitrogen and oxygen atoms in total. The first-order valence-electron chi connectivity index (χ1n) is 29.9. The average molecular weight is 1210 g/mol. The van der Waals surface area contributed by atoms with E-state index in [-0.39, 0.29) is 80.6 Å². The Morgan fingerprint density at radius 3 is 2.19 bits per heavy atom. The summed E-state index contributed by atoms with van der Waals surface area (Å²) in [5.74, 6) is -10.1. The number of ketones is 1. The van der Waals surface area contributed by atoms with E-state index >= 15 is 0 Å². The molecule has 0 amide bonds. The second kappa shape index (κ2) is 28.6. The first kappa shape index (κ1) is 67.8. The van der Waals surface area contributed by atoms with Crippen LogP contribution in [0.5, 0.6) is 0 Å². The summed E-state index contributed by atoms with van der Waals surface area (Å²) in [6, 6.07) is 0. The van der Waals surface area contributed by atoms with Crippen molar-refractivity contribution < 1.29 is 97.2 Å². The van der Waals surface area contributed by atoms with Crippen molar-refractivity contribution >= 4 is 35.3 Å². The van der Waals surface area contributed by atoms with Gasteiger partial charge in [-0.3, -0.25) is 19.2 Å². The van der Waals surface area contributed by atoms with Gasteiger partial charge >= 0.3 is 17.9 Å². The molecule has 0 unspecified atom stereocenters. The number of hydrogen-bond acceptors (Lipinski definition) is 20. The summed E-state index contributed by atoms with van der Waals surface area (Å²) < 4.78 is 63.5. The van der Waals surface area contributed by atoms with Crippen molar-refractivity contribution in [2.75, 3.05) is 7.11 Å². The zero-order valence-electron chi connectivity index (χ0n) is 50.1. The number of methoxy groups -OCH3 is 1. The van der Waals surface area contributed by atoms with Gasteiger partial charge in [0.2, 0.25) is 5.79 Å². The number of aliphatic hydroxyl groups excluding tert-OH is 4. The van der Waals surface area contributed by atoms with E-state index < -0.39 is 151 Å². The number of carbonyl (C=O) groups excluding carboxylic acids is 4. The van der Waals surface area contributed by atoms with Gasteiger partial charge in [-0.2, -0.15) is 0 Å². The number of halogens is 1. The van der Waals surface area contributed by atoms with Crippen LogP contribution in [0.3, 0.4) is 0 Å². The number of esters is 3. The van der Waals surface area contributed by atoms with E-state index in [0.29, 0.717) is 49.7 Å². The first-order chi connectivity index (χ1) is 39.4. The standard InChI is InChI=1S/C63H93ClO20/c1-34(21-43(67)18-17-37(4)64)22-53-55(71)57-40(7)58(78-53)59(72)63(74)20-19-35(2)52(84-63)16-14-12-13-15-45-24-44(68)29-61(80-45)31-48(75-11)25-46(81-61)27-51(69)39(6)56(77-42(9)66)38(5)36(3)23-50-30-60(10,73)33-62(83-50)32-49(76-41(8)65)26-47(82-62)28-54(70)79-57/h13,15,17-20,35,38-40,43-50,52-53,55-59,67-68,71-74H,1,3-4,12,14,16,21-33H2,2,5-11H3/b15-13?,18-17+/t35-,38-,39-,40-,43-,44+,45+,46+,47-,48+,49+,50+,52-,53-,55-,56+,57-,58-,59+,60-,61+,62-,63-/m1/s1. The molecule has 472 valence electrons. The molecule has 2 spiro atoms. The lowest BCUT2D eigenvalue weighted by Gasteiger charge is -2.52. The largest absolute Gasteiger partial charge is 0.462 e. The van der Waals surface area contributed by atoms with E-state index in [1.54, 1.807) is 40.9 Å². The molecule has 5 saturated heterocycles. The summed E-state index contributed by atoms with van der Waals surface area (Å²) in [7, 11) is 1.58. The van der Waals surface area contributed by atoms with E-state index in [0.717, 1.165) is 0 Å². The van der Waals surface area contributed by atoms with Crippen LogP contribution in [0.25, 0.3) is 0 Å². The van der Waals surface area contributed by atoms with Crippen molar-refractivity contribution in [1.29, 1.82) is 0 Å². The molecule has 7 heterocycles. The molecule has 21 heteroatoms. The average Bonchev–Trinajstić information content (AvgIpc) is 1.06. The van der Waals surface area contributed by atoms with Crippen LogP contribution in [-0.2, 0) is 66.5 Å². The van der Waals surface area contributed by atoms with Crippen LogP contribution in [-0.4, -0.2) is 176 Å². The number of aliphatic hydroxyl groups is 6. The monoisotopic (exact) mass is 1200 g/mol. The molecule has 7 aliphatic heterocycles. The van der Waals surface area contributed by atoms with Crippen LogP contribution in [0.2, 0.25) is 0 Å². The van der Waals surface area contributed by atoms with Gasteiger partial charge in [-0.15, -0.1) is 0 Å². The van der Waals surface area contributed by atoms with Gasteiger partial charge < -0.3 is 78.0 Å². The molecule has 23 atom stereocenters. The SMILES string of the molecule is C=C(Cl)/C=C/[C@@H](O)CC(=C)C[C@H]1O[C@@H]2[C@H](C)[C@@H](OC(=O)C[C@H]3C[C@H](OC(C)=O)C[C@@]4(C[C@](C)(O)C[C@H](CC(=C)[C@@H](C)[C@H](OC(C)=O)[C@H](C)C(=O)C[C@@H]5C[C@H](OC)C[C@]6(C[C@@H](O)C[C@H](C=CCCC[C@H]7O[C@](O)(C=C[C@H]7C)[C@H]2O)O6)O5)O4)O3)[C@@H]1O. The number of fused-ring (bicyclic) bond motifs is 8. The Balaban J connectivity index is 1.21. The van der Waals surface area contributed by atoms with Crippen LogP contribution in [0, 0.1) is 23.7 Å². The molecule has 7 aliphatic rings. The quantitative estimate of drug-likeness (QED) is 0.0605. The molecule has 0 saturated carbocycles. The highest BCUT2D eigenvalue weighted by Gasteiger charge is 2.57. The Morgan fingerprint density at radius 2 is 1.50 bits per heavy atom. The summed E-state index contributed by atoms with van der Waals surface area (Å²) in [4.78, 5) is 54.3. The Kier molecular flexibility index (Phi) is 23.1. The molecule has 6 N–H and O–H groups in total. The molecule has 7 rings (SSSR count). The highest BCUT2D eigenvalue weighted by molar-refractivity contribution is 6.30. The van der Waals surface area contributed by atoms with E-state index in [2.05, 4.69) is 19.7 Å². The molecular formula is C63H93ClO20. The number of ether oxygens (including phenoxy) is 10. The van der Waals surface area contributed by atoms with Crippen molar-refractivity contribution in [2.24, 2.45) is 23.7 Å². The van der Waals surface area contributed by atoms with E-state index in [9.17, 15) is 49.8 Å². The van der Waals surface area contributed by atoms with E-state index in [4.69, 9.17) is 59.0 Å². The summed E-state index contributed by atoms with van der Waals surface area (Å²) in [6.07, 6.45) is -2.73. The number of carbonyl (C=O) groups is 4. The second-order valence-corrected chi connectivity index (χ2v) is 25.9. The molecule has 0 aliphatic carbocycles. The van der Waals surface area contributed by atoms with Crippen molar-refractivity contribution in [3.8, 4) is 0 Å². The normalized spacial score (nSPS) is 43.4. The molecule has 0 radical (unpaired) electrons. The minimum Gasteiger partial charge on any atom is -0.462 e. The van der Waals surface area contributed by atoms with Crippen molar-refractivity contribution in [1.82, 2.24) is 0 Å². The van der Waals surface area contributed by atoms with E-state index in [1.165, 1.54) is 32.1 Å². The Hall–Kier alpha value is -3.71. The molecule has 0 aromatic heterocycles. The number of rotatable bonds is 9. The lowest BCUT2D eigenvalue weighted by Crippen LogP contribution is -2.63. The molecule has 5 fully saturated rings. The summed E-state index contributed by atoms with van der Waals surface area (Å²) in [5, 5.41) is 70.9. The van der Waals surface area contributed by atoms with Crippen LogP contribution in [0.15, 0.2) is 72.4 Å². The van der Waals surface area contributed by atoms with Gasteiger partial charge in [-0.05, 0) is 57.6 Å². The van der Waals surface area contributed by atoms with E-state index in [1.807, 2.05) is 19.1 Å². The number of Topliss-reactive ketones (excluding diaryl/α,β-unsaturated/α-hetero) is 1. The minimum absolute atomic E-state index is 0.0186. The predicted octanol–water partition coefficient (Wildman–Crippen LogP) is 6.72. The fraction of sp³-hybridized carbons (Fsp3) is 0.746. The highest BCUT2D eigenvalue weighted by Crippen LogP contribution is 2.48. The zero-order chi connectivity index (χ0) is 61.6. The Labute approximate surface area is 499 Å². The van der Waals surface area contributed by atoms with Gasteiger partial charge in [-0.1, -0.05) is 94.5 Å². The second-order valence-electron chi connectivity index (χ2n) is 25.4. The molecular weight excluding hydrogens is 1110 g/mol. The van der Waals surface area contributed by atoms with Gasteiger partial charge in [0.25, 0.3) is 0 Å². The third-order valence-electron chi connectivity index (χ3n) is 17.8. The molecule has 0 aromatic carbocycles. The van der Waals surface area contributed by atoms with Crippen molar-refractivity contribution in [2.45, 2.75) is 266 Å². The zero-order valence-corrected chi connectivity index (χ0v) is 50.9. The van der Waals surface area contributed by atoms with Crippen molar-refractivity contribution in [3.63, 3.8) is 0 Å². The van der Waals surface area contributed by atoms with Crippen LogP contribution < -0.4 is 0 Å². The van der Waals surface area contributed by atoms with Crippen molar-refractivity contribution in [3.05, 3.63) is 72.4 Å². The topological polar surface area (TPSA) is 282 Å². The first-order valence-corrected chi connectivity index (χ1v) is 30.3. The third-order valence-corrected chi connectivity index (χ3v) is 17.9. The maximum absolute atomic E-state index is 14.4. The fourth-order valence-corrected chi connectivity index (χ4v) is 13.8.